The molecule has 13 heavy (non-hydrogen) atoms. The van der Waals surface area contributed by atoms with Crippen molar-refractivity contribution < 1.29 is 4.79 Å². The van der Waals surface area contributed by atoms with Crippen molar-refractivity contribution in [3.05, 3.63) is 35.4 Å². The van der Waals surface area contributed by atoms with Crippen LogP contribution in [0.5, 0.6) is 0 Å². The second kappa shape index (κ2) is 2.65. The van der Waals surface area contributed by atoms with Crippen LogP contribution in [0.25, 0.3) is 0 Å². The number of likely N-dealkylation sites (N-methyl/N-ethyl adjacent to an activating group) is 1. The maximum atomic E-state index is 11.8. The van der Waals surface area contributed by atoms with Crippen molar-refractivity contribution in [1.29, 1.82) is 0 Å². The monoisotopic (exact) mass is 176 g/mol. The van der Waals surface area contributed by atoms with Crippen LogP contribution in [-0.2, 0) is 6.42 Å². The van der Waals surface area contributed by atoms with Crippen LogP contribution in [0.15, 0.2) is 24.3 Å². The van der Waals surface area contributed by atoms with Gasteiger partial charge in [-0.25, -0.2) is 0 Å². The molecule has 0 spiro atoms. The minimum absolute atomic E-state index is 0.00870. The predicted octanol–water partition coefficient (Wildman–Crippen LogP) is 0.300. The zero-order valence-corrected chi connectivity index (χ0v) is 7.50. The van der Waals surface area contributed by atoms with E-state index in [1.165, 1.54) is 0 Å². The van der Waals surface area contributed by atoms with Gasteiger partial charge in [-0.2, -0.15) is 0 Å². The van der Waals surface area contributed by atoms with Crippen LogP contribution in [0.2, 0.25) is 0 Å². The highest BCUT2D eigenvalue weighted by atomic mass is 16.1. The highest BCUT2D eigenvalue weighted by Gasteiger charge is 2.40. The Morgan fingerprint density at radius 1 is 1.46 bits per heavy atom. The van der Waals surface area contributed by atoms with Gasteiger partial charge in [-0.1, -0.05) is 24.3 Å². The van der Waals surface area contributed by atoms with Crippen LogP contribution in [0, 0.1) is 0 Å². The summed E-state index contributed by atoms with van der Waals surface area (Å²) in [5.74, 6) is -0.00870. The first-order valence-corrected chi connectivity index (χ1v) is 4.28. The average molecular weight is 176 g/mol. The number of fused-ring (bicyclic) bond motifs is 1. The first kappa shape index (κ1) is 8.41. The molecular weight excluding hydrogens is 164 g/mol. The molecule has 0 fully saturated rings. The van der Waals surface area contributed by atoms with Gasteiger partial charge in [0.05, 0.1) is 0 Å². The summed E-state index contributed by atoms with van der Waals surface area (Å²) in [6, 6.07) is 7.55. The molecule has 0 saturated heterocycles. The first-order valence-electron chi connectivity index (χ1n) is 4.28. The molecule has 1 unspecified atom stereocenters. The molecule has 0 saturated carbocycles. The molecule has 1 aliphatic rings. The van der Waals surface area contributed by atoms with Crippen LogP contribution in [0.1, 0.15) is 15.9 Å². The fourth-order valence-corrected chi connectivity index (χ4v) is 1.72. The lowest BCUT2D eigenvalue weighted by atomic mass is 10.1. The molecular formula is C10H12N2O. The molecule has 0 aromatic heterocycles. The zero-order valence-electron chi connectivity index (χ0n) is 7.50. The summed E-state index contributed by atoms with van der Waals surface area (Å²) in [5, 5.41) is 2.87. The number of hydrogen-bond acceptors (Lipinski definition) is 3. The lowest BCUT2D eigenvalue weighted by Gasteiger charge is -2.20. The second-order valence-corrected chi connectivity index (χ2v) is 3.38. The van der Waals surface area contributed by atoms with E-state index in [1.54, 1.807) is 7.05 Å². The van der Waals surface area contributed by atoms with Crippen LogP contribution >= 0.6 is 0 Å². The minimum Gasteiger partial charge on any atom is -0.306 e. The Morgan fingerprint density at radius 3 is 2.77 bits per heavy atom. The van der Waals surface area contributed by atoms with Crippen molar-refractivity contribution in [1.82, 2.24) is 5.32 Å². The maximum absolute atomic E-state index is 11.8. The Morgan fingerprint density at radius 2 is 2.15 bits per heavy atom. The van der Waals surface area contributed by atoms with E-state index in [0.29, 0.717) is 6.42 Å². The average Bonchev–Trinajstić information content (AvgIpc) is 2.41. The number of benzene rings is 1. The van der Waals surface area contributed by atoms with E-state index in [9.17, 15) is 4.79 Å². The normalized spacial score (nSPS) is 26.2. The van der Waals surface area contributed by atoms with E-state index in [1.807, 2.05) is 24.3 Å². The molecule has 0 aliphatic heterocycles. The van der Waals surface area contributed by atoms with Gasteiger partial charge in [0.1, 0.15) is 5.66 Å². The van der Waals surface area contributed by atoms with Crippen molar-refractivity contribution in [3.63, 3.8) is 0 Å². The fourth-order valence-electron chi connectivity index (χ4n) is 1.72. The van der Waals surface area contributed by atoms with E-state index >= 15 is 0 Å². The molecule has 68 valence electrons. The summed E-state index contributed by atoms with van der Waals surface area (Å²) in [6.07, 6.45) is 0.582. The van der Waals surface area contributed by atoms with Gasteiger partial charge in [0.2, 0.25) is 0 Å². The number of rotatable bonds is 1. The van der Waals surface area contributed by atoms with Crippen LogP contribution < -0.4 is 11.1 Å². The molecule has 2 rings (SSSR count). The second-order valence-electron chi connectivity index (χ2n) is 3.38. The standard InChI is InChI=1S/C10H12N2O/c1-12-10(11)6-7-4-2-3-5-8(7)9(10)13/h2-5,12H,6,11H2,1H3. The lowest BCUT2D eigenvalue weighted by molar-refractivity contribution is 0.0885. The molecule has 3 N–H and O–H groups in total. The van der Waals surface area contributed by atoms with Gasteiger partial charge < -0.3 is 5.73 Å². The van der Waals surface area contributed by atoms with Gasteiger partial charge in [-0.3, -0.25) is 10.1 Å². The Kier molecular flexibility index (Phi) is 1.71. The number of Topliss-reactive ketones (excluding diaryl/α,β-unsaturated/α-hetero) is 1. The van der Waals surface area contributed by atoms with E-state index in [-0.39, 0.29) is 5.78 Å². The molecule has 3 nitrogen and oxygen atoms in total. The Balaban J connectivity index is 2.50. The molecule has 1 aromatic rings. The summed E-state index contributed by atoms with van der Waals surface area (Å²) in [7, 11) is 1.71. The summed E-state index contributed by atoms with van der Waals surface area (Å²) < 4.78 is 0. The number of carbonyl (C=O) groups is 1. The van der Waals surface area contributed by atoms with E-state index in [0.717, 1.165) is 11.1 Å². The number of hydrogen-bond donors (Lipinski definition) is 2. The molecule has 1 aliphatic carbocycles. The van der Waals surface area contributed by atoms with Crippen molar-refractivity contribution >= 4 is 5.78 Å². The number of nitrogens with one attached hydrogen (secondary N) is 1. The summed E-state index contributed by atoms with van der Waals surface area (Å²) in [6.45, 7) is 0. The third-order valence-corrected chi connectivity index (χ3v) is 2.58. The van der Waals surface area contributed by atoms with Gasteiger partial charge in [-0.05, 0) is 12.6 Å². The van der Waals surface area contributed by atoms with Crippen LogP contribution in [-0.4, -0.2) is 18.5 Å². The fraction of sp³-hybridized carbons (Fsp3) is 0.300. The van der Waals surface area contributed by atoms with Crippen LogP contribution in [0.3, 0.4) is 0 Å². The minimum atomic E-state index is -0.885. The van der Waals surface area contributed by atoms with Gasteiger partial charge in [-0.15, -0.1) is 0 Å². The number of nitrogens with two attached hydrogens (primary N) is 1. The van der Waals surface area contributed by atoms with E-state index < -0.39 is 5.66 Å². The molecule has 1 aromatic carbocycles. The van der Waals surface area contributed by atoms with E-state index in [4.69, 9.17) is 5.73 Å². The zero-order chi connectivity index (χ0) is 9.47. The Hall–Kier alpha value is -1.19. The molecule has 1 atom stereocenters. The van der Waals surface area contributed by atoms with Crippen LogP contribution in [0.4, 0.5) is 0 Å². The molecule has 3 heteroatoms. The van der Waals surface area contributed by atoms with Gasteiger partial charge in [0, 0.05) is 12.0 Å². The number of ketones is 1. The lowest BCUT2D eigenvalue weighted by Crippen LogP contribution is -2.56. The van der Waals surface area contributed by atoms with Crippen molar-refractivity contribution in [3.8, 4) is 0 Å². The van der Waals surface area contributed by atoms with Gasteiger partial charge >= 0.3 is 0 Å². The van der Waals surface area contributed by atoms with Crippen molar-refractivity contribution in [2.75, 3.05) is 7.05 Å². The Bertz CT molecular complexity index is 362. The van der Waals surface area contributed by atoms with Crippen molar-refractivity contribution in [2.24, 2.45) is 5.73 Å². The van der Waals surface area contributed by atoms with Crippen molar-refractivity contribution in [2.45, 2.75) is 12.1 Å². The molecule has 0 radical (unpaired) electrons. The molecule has 0 heterocycles. The highest BCUT2D eigenvalue weighted by Crippen LogP contribution is 2.25. The predicted molar refractivity (Wildman–Crippen MR) is 50.5 cm³/mol. The quantitative estimate of drug-likeness (QED) is 0.605. The van der Waals surface area contributed by atoms with Gasteiger partial charge in [0.25, 0.3) is 0 Å². The summed E-state index contributed by atoms with van der Waals surface area (Å²) >= 11 is 0. The third-order valence-electron chi connectivity index (χ3n) is 2.58. The Labute approximate surface area is 76.9 Å². The van der Waals surface area contributed by atoms with E-state index in [2.05, 4.69) is 5.32 Å². The number of carbonyl (C=O) groups excluding carboxylic acids is 1. The molecule has 0 bridgehead atoms. The first-order chi connectivity index (χ1) is 6.17. The summed E-state index contributed by atoms with van der Waals surface area (Å²) in [5.41, 5.74) is 6.79. The largest absolute Gasteiger partial charge is 0.306 e. The maximum Gasteiger partial charge on any atom is 0.197 e. The highest BCUT2D eigenvalue weighted by molar-refractivity contribution is 6.07. The smallest absolute Gasteiger partial charge is 0.197 e. The SMILES string of the molecule is CNC1(N)Cc2ccccc2C1=O. The van der Waals surface area contributed by atoms with Gasteiger partial charge in [0.15, 0.2) is 5.78 Å². The third kappa shape index (κ3) is 1.08. The molecule has 0 amide bonds. The summed E-state index contributed by atoms with van der Waals surface area (Å²) in [4.78, 5) is 11.8. The topological polar surface area (TPSA) is 55.1 Å².